The van der Waals surface area contributed by atoms with Gasteiger partial charge in [0, 0.05) is 12.6 Å². The van der Waals surface area contributed by atoms with Crippen LogP contribution in [-0.2, 0) is 9.53 Å². The molecule has 0 spiro atoms. The normalized spacial score (nSPS) is 21.9. The maximum absolute atomic E-state index is 10.8. The van der Waals surface area contributed by atoms with Crippen molar-refractivity contribution in [2.75, 3.05) is 19.7 Å². The van der Waals surface area contributed by atoms with E-state index < -0.39 is 5.97 Å². The van der Waals surface area contributed by atoms with Crippen LogP contribution in [0.3, 0.4) is 0 Å². The Bertz CT molecular complexity index is 227. The quantitative estimate of drug-likeness (QED) is 0.709. The predicted octanol–water partition coefficient (Wildman–Crippen LogP) is 2.13. The summed E-state index contributed by atoms with van der Waals surface area (Å²) in [5, 5.41) is 8.87. The Morgan fingerprint density at radius 3 is 2.88 bits per heavy atom. The molecule has 1 aliphatic heterocycles. The van der Waals surface area contributed by atoms with Crippen LogP contribution in [0.15, 0.2) is 0 Å². The number of aliphatic carboxylic acids is 1. The van der Waals surface area contributed by atoms with E-state index in [-0.39, 0.29) is 6.54 Å². The standard InChI is InChI=1S/C13H25NO3/c1-3-11(2)14(10-13(15)16)8-4-6-12-7-5-9-17-12/h11-12H,3-10H2,1-2H3,(H,15,16). The summed E-state index contributed by atoms with van der Waals surface area (Å²) in [6.45, 7) is 6.10. The molecule has 1 fully saturated rings. The Morgan fingerprint density at radius 1 is 1.59 bits per heavy atom. The third-order valence-electron chi connectivity index (χ3n) is 3.55. The zero-order chi connectivity index (χ0) is 12.7. The number of nitrogens with zero attached hydrogens (tertiary/aromatic N) is 1. The van der Waals surface area contributed by atoms with Crippen LogP contribution in [0.1, 0.15) is 46.0 Å². The molecule has 4 heteroatoms. The number of ether oxygens (including phenoxy) is 1. The first kappa shape index (κ1) is 14.5. The first-order valence-electron chi connectivity index (χ1n) is 6.71. The molecule has 2 atom stereocenters. The van der Waals surface area contributed by atoms with Gasteiger partial charge in [0.15, 0.2) is 0 Å². The van der Waals surface area contributed by atoms with Gasteiger partial charge in [-0.15, -0.1) is 0 Å². The van der Waals surface area contributed by atoms with E-state index in [0.29, 0.717) is 12.1 Å². The van der Waals surface area contributed by atoms with Crippen molar-refractivity contribution < 1.29 is 14.6 Å². The Kier molecular flexibility index (Phi) is 6.52. The highest BCUT2D eigenvalue weighted by Crippen LogP contribution is 2.17. The highest BCUT2D eigenvalue weighted by Gasteiger charge is 2.18. The molecule has 2 unspecified atom stereocenters. The molecule has 0 aromatic rings. The number of carbonyl (C=O) groups is 1. The van der Waals surface area contributed by atoms with Gasteiger partial charge in [-0.2, -0.15) is 0 Å². The van der Waals surface area contributed by atoms with Gasteiger partial charge in [-0.05, 0) is 45.6 Å². The lowest BCUT2D eigenvalue weighted by Crippen LogP contribution is -2.38. The van der Waals surface area contributed by atoms with Crippen LogP contribution >= 0.6 is 0 Å². The molecule has 0 aliphatic carbocycles. The molecule has 17 heavy (non-hydrogen) atoms. The fourth-order valence-electron chi connectivity index (χ4n) is 2.28. The van der Waals surface area contributed by atoms with Crippen molar-refractivity contribution in [2.45, 2.75) is 58.1 Å². The summed E-state index contributed by atoms with van der Waals surface area (Å²) in [6.07, 6.45) is 5.85. The zero-order valence-corrected chi connectivity index (χ0v) is 11.0. The highest BCUT2D eigenvalue weighted by molar-refractivity contribution is 5.69. The van der Waals surface area contributed by atoms with Gasteiger partial charge in [0.25, 0.3) is 0 Å². The smallest absolute Gasteiger partial charge is 0.317 e. The molecule has 0 amide bonds. The van der Waals surface area contributed by atoms with E-state index in [2.05, 4.69) is 18.7 Å². The zero-order valence-electron chi connectivity index (χ0n) is 11.0. The van der Waals surface area contributed by atoms with Crippen LogP contribution in [-0.4, -0.2) is 47.8 Å². The van der Waals surface area contributed by atoms with E-state index in [1.807, 2.05) is 0 Å². The second-order valence-corrected chi connectivity index (χ2v) is 4.90. The lowest BCUT2D eigenvalue weighted by atomic mass is 10.1. The fraction of sp³-hybridized carbons (Fsp3) is 0.923. The maximum atomic E-state index is 10.8. The van der Waals surface area contributed by atoms with Crippen molar-refractivity contribution in [3.8, 4) is 0 Å². The molecule has 0 aromatic carbocycles. The number of hydrogen-bond acceptors (Lipinski definition) is 3. The Morgan fingerprint density at radius 2 is 2.35 bits per heavy atom. The predicted molar refractivity (Wildman–Crippen MR) is 67.2 cm³/mol. The molecule has 1 N–H and O–H groups in total. The third-order valence-corrected chi connectivity index (χ3v) is 3.55. The number of carboxylic acid groups (broad SMARTS) is 1. The topological polar surface area (TPSA) is 49.8 Å². The van der Waals surface area contributed by atoms with E-state index in [1.54, 1.807) is 0 Å². The molecule has 0 radical (unpaired) electrons. The number of carboxylic acids is 1. The molecule has 0 saturated carbocycles. The van der Waals surface area contributed by atoms with E-state index in [0.717, 1.165) is 32.4 Å². The molecule has 100 valence electrons. The van der Waals surface area contributed by atoms with Gasteiger partial charge < -0.3 is 9.84 Å². The van der Waals surface area contributed by atoms with Gasteiger partial charge in [-0.3, -0.25) is 9.69 Å². The average Bonchev–Trinajstić information content (AvgIpc) is 2.79. The van der Waals surface area contributed by atoms with E-state index >= 15 is 0 Å². The van der Waals surface area contributed by atoms with Crippen molar-refractivity contribution >= 4 is 5.97 Å². The molecular formula is C13H25NO3. The third kappa shape index (κ3) is 5.50. The van der Waals surface area contributed by atoms with Crippen LogP contribution in [0.25, 0.3) is 0 Å². The first-order valence-corrected chi connectivity index (χ1v) is 6.71. The Labute approximate surface area is 104 Å². The molecule has 1 heterocycles. The van der Waals surface area contributed by atoms with Crippen LogP contribution in [0.5, 0.6) is 0 Å². The number of rotatable bonds is 8. The molecule has 1 saturated heterocycles. The highest BCUT2D eigenvalue weighted by atomic mass is 16.5. The fourth-order valence-corrected chi connectivity index (χ4v) is 2.28. The molecule has 0 bridgehead atoms. The SMILES string of the molecule is CCC(C)N(CCCC1CCCO1)CC(=O)O. The second kappa shape index (κ2) is 7.67. The second-order valence-electron chi connectivity index (χ2n) is 4.90. The average molecular weight is 243 g/mol. The first-order chi connectivity index (χ1) is 8.13. The lowest BCUT2D eigenvalue weighted by Gasteiger charge is -2.26. The van der Waals surface area contributed by atoms with Crippen molar-refractivity contribution in [1.82, 2.24) is 4.90 Å². The van der Waals surface area contributed by atoms with Crippen molar-refractivity contribution in [1.29, 1.82) is 0 Å². The Hall–Kier alpha value is -0.610. The molecule has 0 aromatic heterocycles. The van der Waals surface area contributed by atoms with Gasteiger partial charge in [-0.25, -0.2) is 0 Å². The van der Waals surface area contributed by atoms with Crippen molar-refractivity contribution in [2.24, 2.45) is 0 Å². The van der Waals surface area contributed by atoms with Crippen LogP contribution in [0.4, 0.5) is 0 Å². The summed E-state index contributed by atoms with van der Waals surface area (Å²) in [5.74, 6) is -0.734. The molecule has 1 rings (SSSR count). The van der Waals surface area contributed by atoms with Gasteiger partial charge in [-0.1, -0.05) is 6.92 Å². The molecular weight excluding hydrogens is 218 g/mol. The van der Waals surface area contributed by atoms with E-state index in [9.17, 15) is 4.79 Å². The Balaban J connectivity index is 2.24. The summed E-state index contributed by atoms with van der Waals surface area (Å²) < 4.78 is 5.57. The van der Waals surface area contributed by atoms with E-state index in [4.69, 9.17) is 9.84 Å². The summed E-state index contributed by atoms with van der Waals surface area (Å²) in [5.41, 5.74) is 0. The largest absolute Gasteiger partial charge is 0.480 e. The minimum Gasteiger partial charge on any atom is -0.480 e. The minimum atomic E-state index is -0.734. The summed E-state index contributed by atoms with van der Waals surface area (Å²) in [4.78, 5) is 12.8. The summed E-state index contributed by atoms with van der Waals surface area (Å²) in [7, 11) is 0. The van der Waals surface area contributed by atoms with Gasteiger partial charge in [0.1, 0.15) is 0 Å². The monoisotopic (exact) mass is 243 g/mol. The molecule has 4 nitrogen and oxygen atoms in total. The summed E-state index contributed by atoms with van der Waals surface area (Å²) in [6, 6.07) is 0.343. The number of hydrogen-bond donors (Lipinski definition) is 1. The van der Waals surface area contributed by atoms with Crippen molar-refractivity contribution in [3.63, 3.8) is 0 Å². The van der Waals surface area contributed by atoms with Crippen LogP contribution in [0, 0.1) is 0 Å². The lowest BCUT2D eigenvalue weighted by molar-refractivity contribution is -0.138. The van der Waals surface area contributed by atoms with E-state index in [1.165, 1.54) is 12.8 Å². The molecule has 1 aliphatic rings. The van der Waals surface area contributed by atoms with Gasteiger partial charge in [0.2, 0.25) is 0 Å². The van der Waals surface area contributed by atoms with Crippen LogP contribution < -0.4 is 0 Å². The van der Waals surface area contributed by atoms with Gasteiger partial charge >= 0.3 is 5.97 Å². The van der Waals surface area contributed by atoms with Crippen molar-refractivity contribution in [3.05, 3.63) is 0 Å². The van der Waals surface area contributed by atoms with Crippen LogP contribution in [0.2, 0.25) is 0 Å². The minimum absolute atomic E-state index is 0.153. The maximum Gasteiger partial charge on any atom is 0.317 e. The van der Waals surface area contributed by atoms with Gasteiger partial charge in [0.05, 0.1) is 12.6 Å². The summed E-state index contributed by atoms with van der Waals surface area (Å²) >= 11 is 0.